The van der Waals surface area contributed by atoms with E-state index < -0.39 is 0 Å². The molecular weight excluding hydrogens is 256 g/mol. The van der Waals surface area contributed by atoms with Crippen molar-refractivity contribution in [1.29, 1.82) is 0 Å². The summed E-state index contributed by atoms with van der Waals surface area (Å²) < 4.78 is 7.00. The lowest BCUT2D eigenvalue weighted by molar-refractivity contribution is -0.178. The molecule has 6 unspecified atom stereocenters. The van der Waals surface area contributed by atoms with Crippen LogP contribution in [-0.2, 0) is 4.74 Å². The van der Waals surface area contributed by atoms with E-state index in [0.29, 0.717) is 22.5 Å². The second-order valence-corrected chi connectivity index (χ2v) is 10.2. The molecule has 2 saturated heterocycles. The van der Waals surface area contributed by atoms with E-state index >= 15 is 0 Å². The van der Waals surface area contributed by atoms with Crippen molar-refractivity contribution in [2.75, 3.05) is 0 Å². The molecule has 6 fully saturated rings. The molecule has 0 aromatic rings. The van der Waals surface area contributed by atoms with Gasteiger partial charge >= 0.3 is 0 Å². The van der Waals surface area contributed by atoms with Gasteiger partial charge in [0.05, 0.1) is 11.7 Å². The van der Waals surface area contributed by atoms with Crippen molar-refractivity contribution in [1.82, 2.24) is 0 Å². The Hall–Kier alpha value is -0.0400. The van der Waals surface area contributed by atoms with Crippen LogP contribution in [0, 0.1) is 46.3 Å². The molecule has 2 heterocycles. The Balaban J connectivity index is 1.69. The lowest BCUT2D eigenvalue weighted by Crippen LogP contribution is -2.51. The Morgan fingerprint density at radius 1 is 1.10 bits per heavy atom. The molecule has 6 rings (SSSR count). The molecule has 21 heavy (non-hydrogen) atoms. The summed E-state index contributed by atoms with van der Waals surface area (Å²) >= 11 is 0. The largest absolute Gasteiger partial charge is 0.371 e. The van der Waals surface area contributed by atoms with Crippen molar-refractivity contribution in [3.8, 4) is 0 Å². The van der Waals surface area contributed by atoms with Gasteiger partial charge in [-0.05, 0) is 66.6 Å². The summed E-state index contributed by atoms with van der Waals surface area (Å²) in [6.45, 7) is 12.7. The SMILES string of the molecule is CC1CC[C@H]2C3(C1)OC1C[C@]2(C)[C@@H]2CC(C(C)C)C1(C)C23. The monoisotopic (exact) mass is 288 g/mol. The molecule has 0 amide bonds. The van der Waals surface area contributed by atoms with Gasteiger partial charge in [0.1, 0.15) is 0 Å². The Bertz CT molecular complexity index is 498. The van der Waals surface area contributed by atoms with Crippen LogP contribution in [-0.4, -0.2) is 11.7 Å². The van der Waals surface area contributed by atoms with Crippen molar-refractivity contribution in [3.05, 3.63) is 0 Å². The third-order valence-corrected chi connectivity index (χ3v) is 9.24. The summed E-state index contributed by atoms with van der Waals surface area (Å²) in [6.07, 6.45) is 7.70. The molecule has 118 valence electrons. The van der Waals surface area contributed by atoms with Gasteiger partial charge in [0.2, 0.25) is 0 Å². The molecular formula is C20H32O. The average Bonchev–Trinajstić information content (AvgIpc) is 2.83. The number of rotatable bonds is 1. The molecule has 2 aliphatic heterocycles. The van der Waals surface area contributed by atoms with Gasteiger partial charge in [-0.15, -0.1) is 0 Å². The van der Waals surface area contributed by atoms with Gasteiger partial charge in [0, 0.05) is 5.41 Å². The van der Waals surface area contributed by atoms with E-state index in [-0.39, 0.29) is 0 Å². The maximum absolute atomic E-state index is 7.00. The van der Waals surface area contributed by atoms with Crippen LogP contribution >= 0.6 is 0 Å². The van der Waals surface area contributed by atoms with Crippen LogP contribution in [0.5, 0.6) is 0 Å². The van der Waals surface area contributed by atoms with Gasteiger partial charge in [-0.1, -0.05) is 41.0 Å². The highest BCUT2D eigenvalue weighted by Gasteiger charge is 2.84. The fraction of sp³-hybridized carbons (Fsp3) is 1.00. The quantitative estimate of drug-likeness (QED) is 0.667. The van der Waals surface area contributed by atoms with Crippen LogP contribution < -0.4 is 0 Å². The predicted octanol–water partition coefficient (Wildman–Crippen LogP) is 4.90. The van der Waals surface area contributed by atoms with E-state index in [1.54, 1.807) is 0 Å². The summed E-state index contributed by atoms with van der Waals surface area (Å²) in [5.74, 6) is 5.32. The van der Waals surface area contributed by atoms with Crippen molar-refractivity contribution in [2.24, 2.45) is 46.3 Å². The van der Waals surface area contributed by atoms with Crippen LogP contribution in [0.25, 0.3) is 0 Å². The van der Waals surface area contributed by atoms with Gasteiger partial charge in [-0.25, -0.2) is 0 Å². The van der Waals surface area contributed by atoms with Crippen LogP contribution in [0.4, 0.5) is 0 Å². The third-order valence-electron chi connectivity index (χ3n) is 9.24. The van der Waals surface area contributed by atoms with E-state index in [9.17, 15) is 0 Å². The highest BCUT2D eigenvalue weighted by molar-refractivity contribution is 5.31. The number of hydrogen-bond acceptors (Lipinski definition) is 1. The van der Waals surface area contributed by atoms with Gasteiger partial charge in [0.25, 0.3) is 0 Å². The first-order valence-electron chi connectivity index (χ1n) is 9.52. The minimum Gasteiger partial charge on any atom is -0.371 e. The summed E-state index contributed by atoms with van der Waals surface area (Å²) in [6, 6.07) is 0. The van der Waals surface area contributed by atoms with Gasteiger partial charge < -0.3 is 4.74 Å². The standard InChI is InChI=1S/C20H32O/c1-11(2)13-8-14-17-19(13,5)16-10-18(14,4)15-7-6-12(3)9-20(15,17)21-16/h11-17H,6-10H2,1-5H3/t12?,13?,14-,15-,16?,17?,18-,19?,20?/m1/s1. The molecule has 6 bridgehead atoms. The molecule has 4 saturated carbocycles. The smallest absolute Gasteiger partial charge is 0.0759 e. The van der Waals surface area contributed by atoms with E-state index in [2.05, 4.69) is 34.6 Å². The first-order valence-corrected chi connectivity index (χ1v) is 9.52. The maximum atomic E-state index is 7.00. The van der Waals surface area contributed by atoms with Crippen LogP contribution in [0.15, 0.2) is 0 Å². The number of hydrogen-bond donors (Lipinski definition) is 0. The highest BCUT2D eigenvalue weighted by Crippen LogP contribution is 2.83. The van der Waals surface area contributed by atoms with Crippen LogP contribution in [0.2, 0.25) is 0 Å². The van der Waals surface area contributed by atoms with Gasteiger partial charge in [0.15, 0.2) is 0 Å². The Labute approximate surface area is 130 Å². The molecule has 0 N–H and O–H groups in total. The molecule has 1 heteroatoms. The normalized spacial score (nSPS) is 67.1. The lowest BCUT2D eigenvalue weighted by atomic mass is 9.59. The minimum absolute atomic E-state index is 0.290. The zero-order chi connectivity index (χ0) is 14.8. The Kier molecular flexibility index (Phi) is 2.27. The lowest BCUT2D eigenvalue weighted by Gasteiger charge is -2.51. The third kappa shape index (κ3) is 1.18. The summed E-state index contributed by atoms with van der Waals surface area (Å²) in [5.41, 5.74) is 1.39. The summed E-state index contributed by atoms with van der Waals surface area (Å²) in [7, 11) is 0. The van der Waals surface area contributed by atoms with Crippen molar-refractivity contribution >= 4 is 0 Å². The first kappa shape index (κ1) is 13.4. The number of ether oxygens (including phenoxy) is 1. The molecule has 1 spiro atoms. The highest BCUT2D eigenvalue weighted by atomic mass is 16.5. The second kappa shape index (κ2) is 3.55. The summed E-state index contributed by atoms with van der Waals surface area (Å²) in [5, 5.41) is 0. The van der Waals surface area contributed by atoms with Crippen LogP contribution in [0.1, 0.15) is 66.7 Å². The van der Waals surface area contributed by atoms with E-state index in [1.165, 1.54) is 32.1 Å². The first-order chi connectivity index (χ1) is 9.84. The predicted molar refractivity (Wildman–Crippen MR) is 84.9 cm³/mol. The molecule has 0 aromatic carbocycles. The van der Waals surface area contributed by atoms with E-state index in [0.717, 1.165) is 35.5 Å². The fourth-order valence-electron chi connectivity index (χ4n) is 8.80. The molecule has 1 nitrogen and oxygen atoms in total. The van der Waals surface area contributed by atoms with Crippen molar-refractivity contribution in [3.63, 3.8) is 0 Å². The zero-order valence-electron chi connectivity index (χ0n) is 14.5. The van der Waals surface area contributed by atoms with E-state index in [1.807, 2.05) is 0 Å². The zero-order valence-corrected chi connectivity index (χ0v) is 14.5. The molecule has 0 radical (unpaired) electrons. The maximum Gasteiger partial charge on any atom is 0.0759 e. The molecule has 9 atom stereocenters. The van der Waals surface area contributed by atoms with Gasteiger partial charge in [-0.2, -0.15) is 0 Å². The van der Waals surface area contributed by atoms with Crippen molar-refractivity contribution in [2.45, 2.75) is 78.4 Å². The van der Waals surface area contributed by atoms with Crippen molar-refractivity contribution < 1.29 is 4.74 Å². The minimum atomic E-state index is 0.290. The van der Waals surface area contributed by atoms with Crippen LogP contribution in [0.3, 0.4) is 0 Å². The Morgan fingerprint density at radius 3 is 2.57 bits per heavy atom. The average molecular weight is 288 g/mol. The second-order valence-electron chi connectivity index (χ2n) is 10.2. The topological polar surface area (TPSA) is 9.23 Å². The summed E-state index contributed by atoms with van der Waals surface area (Å²) in [4.78, 5) is 0. The van der Waals surface area contributed by atoms with Gasteiger partial charge in [-0.3, -0.25) is 0 Å². The molecule has 6 aliphatic rings. The fourth-order valence-corrected chi connectivity index (χ4v) is 8.80. The Morgan fingerprint density at radius 2 is 1.86 bits per heavy atom. The molecule has 4 aliphatic carbocycles. The molecule has 0 aromatic heterocycles. The van der Waals surface area contributed by atoms with E-state index in [4.69, 9.17) is 4.74 Å².